The van der Waals surface area contributed by atoms with Crippen molar-refractivity contribution in [1.82, 2.24) is 0 Å². The van der Waals surface area contributed by atoms with Gasteiger partial charge in [-0.2, -0.15) is 0 Å². The van der Waals surface area contributed by atoms with E-state index in [-0.39, 0.29) is 22.6 Å². The maximum Gasteiger partial charge on any atom is 0.144 e. The average Bonchev–Trinajstić information content (AvgIpc) is 2.82. The van der Waals surface area contributed by atoms with Gasteiger partial charge in [0.05, 0.1) is 29.8 Å². The molecule has 0 saturated heterocycles. The molecule has 0 saturated carbocycles. The molecule has 0 aliphatic carbocycles. The van der Waals surface area contributed by atoms with Crippen LogP contribution in [0.4, 0.5) is 0 Å². The van der Waals surface area contributed by atoms with E-state index in [4.69, 9.17) is 9.47 Å². The zero-order valence-corrected chi connectivity index (χ0v) is 23.1. The Labute approximate surface area is 199 Å². The summed E-state index contributed by atoms with van der Waals surface area (Å²) >= 11 is 0. The van der Waals surface area contributed by atoms with Gasteiger partial charge < -0.3 is 9.47 Å². The van der Waals surface area contributed by atoms with Crippen LogP contribution in [0.3, 0.4) is 0 Å². The smallest absolute Gasteiger partial charge is 0.144 e. The van der Waals surface area contributed by atoms with Crippen LogP contribution >= 0.6 is 0 Å². The van der Waals surface area contributed by atoms with E-state index >= 15 is 0 Å². The van der Waals surface area contributed by atoms with E-state index in [2.05, 4.69) is 69.2 Å². The van der Waals surface area contributed by atoms with Crippen molar-refractivity contribution in [3.05, 3.63) is 0 Å². The summed E-state index contributed by atoms with van der Waals surface area (Å²) in [6, 6.07) is 0. The minimum Gasteiger partial charge on any atom is -0.375 e. The molecule has 0 amide bonds. The molecule has 0 N–H and O–H groups in total. The summed E-state index contributed by atoms with van der Waals surface area (Å²) in [4.78, 5) is 26.5. The number of ether oxygens (including phenoxy) is 2. The number of hydrogen-bond donors (Lipinski definition) is 0. The summed E-state index contributed by atoms with van der Waals surface area (Å²) < 4.78 is 12.7. The summed E-state index contributed by atoms with van der Waals surface area (Å²) in [5.41, 5.74) is -1.57. The predicted octanol–water partition coefficient (Wildman–Crippen LogP) is 7.71. The molecule has 0 spiro atoms. The van der Waals surface area contributed by atoms with Gasteiger partial charge in [0.2, 0.25) is 0 Å². The molecular formula is C28H54O4. The molecule has 190 valence electrons. The maximum atomic E-state index is 13.7. The summed E-state index contributed by atoms with van der Waals surface area (Å²) in [6.07, 6.45) is 7.35. The topological polar surface area (TPSA) is 52.6 Å². The number of carbonyl (C=O) groups excluding carboxylic acids is 2. The molecule has 0 fully saturated rings. The van der Waals surface area contributed by atoms with Crippen LogP contribution < -0.4 is 0 Å². The van der Waals surface area contributed by atoms with Crippen LogP contribution in [0.25, 0.3) is 0 Å². The molecule has 32 heavy (non-hydrogen) atoms. The summed E-state index contributed by atoms with van der Waals surface area (Å²) in [5.74, 6) is 0.499. The fourth-order valence-electron chi connectivity index (χ4n) is 5.18. The lowest BCUT2D eigenvalue weighted by Gasteiger charge is -2.49. The van der Waals surface area contributed by atoms with Gasteiger partial charge in [0, 0.05) is 18.3 Å². The molecule has 0 atom stereocenters. The normalized spacial score (nSPS) is 13.4. The van der Waals surface area contributed by atoms with Gasteiger partial charge in [-0.05, 0) is 58.3 Å². The highest BCUT2D eigenvalue weighted by Crippen LogP contribution is 2.47. The van der Waals surface area contributed by atoms with Gasteiger partial charge in [-0.3, -0.25) is 9.59 Å². The Kier molecular flexibility index (Phi) is 13.5. The van der Waals surface area contributed by atoms with Crippen molar-refractivity contribution in [3.63, 3.8) is 0 Å². The van der Waals surface area contributed by atoms with Gasteiger partial charge in [-0.1, -0.05) is 62.3 Å². The van der Waals surface area contributed by atoms with Crippen LogP contribution in [0.5, 0.6) is 0 Å². The van der Waals surface area contributed by atoms with Gasteiger partial charge in [0.15, 0.2) is 0 Å². The van der Waals surface area contributed by atoms with Gasteiger partial charge in [-0.25, -0.2) is 0 Å². The van der Waals surface area contributed by atoms with Gasteiger partial charge >= 0.3 is 0 Å². The second kappa shape index (κ2) is 13.8. The van der Waals surface area contributed by atoms with Crippen LogP contribution in [-0.4, -0.2) is 36.0 Å². The highest BCUT2D eigenvalue weighted by Gasteiger charge is 2.52. The Hall–Kier alpha value is -0.740. The minimum atomic E-state index is -0.559. The number of rotatable bonds is 19. The van der Waals surface area contributed by atoms with Crippen LogP contribution in [0, 0.1) is 10.8 Å². The Balaban J connectivity index is 5.55. The van der Waals surface area contributed by atoms with Crippen molar-refractivity contribution in [2.75, 3.05) is 13.2 Å². The van der Waals surface area contributed by atoms with E-state index in [0.29, 0.717) is 26.1 Å². The Bertz CT molecular complexity index is 550. The van der Waals surface area contributed by atoms with E-state index in [0.717, 1.165) is 51.4 Å². The van der Waals surface area contributed by atoms with E-state index in [1.807, 2.05) is 0 Å². The van der Waals surface area contributed by atoms with Crippen molar-refractivity contribution in [2.24, 2.45) is 10.8 Å². The summed E-state index contributed by atoms with van der Waals surface area (Å²) in [6.45, 7) is 21.8. The largest absolute Gasteiger partial charge is 0.375 e. The second-order valence-corrected chi connectivity index (χ2v) is 9.96. The first-order chi connectivity index (χ1) is 15.0. The van der Waals surface area contributed by atoms with E-state index in [1.165, 1.54) is 0 Å². The van der Waals surface area contributed by atoms with Crippen LogP contribution in [0.1, 0.15) is 133 Å². The Morgan fingerprint density at radius 2 is 1.00 bits per heavy atom. The van der Waals surface area contributed by atoms with E-state index < -0.39 is 11.0 Å². The molecule has 0 aromatic carbocycles. The summed E-state index contributed by atoms with van der Waals surface area (Å²) in [5, 5.41) is 0. The third-order valence-corrected chi connectivity index (χ3v) is 8.97. The molecule has 0 bridgehead atoms. The fraction of sp³-hybridized carbons (Fsp3) is 0.929. The van der Waals surface area contributed by atoms with Gasteiger partial charge in [-0.15, -0.1) is 0 Å². The van der Waals surface area contributed by atoms with Crippen molar-refractivity contribution < 1.29 is 19.1 Å². The average molecular weight is 455 g/mol. The van der Waals surface area contributed by atoms with Gasteiger partial charge in [0.25, 0.3) is 0 Å². The summed E-state index contributed by atoms with van der Waals surface area (Å²) in [7, 11) is 0. The lowest BCUT2D eigenvalue weighted by Crippen LogP contribution is -2.54. The first kappa shape index (κ1) is 31.3. The maximum absolute atomic E-state index is 13.7. The standard InChI is InChI=1S/C28H54O4/c1-11-25(9,12-2)23(29)19-22-32-28(17-7,18-8)27(15-5,16-6)24(30)20-21-31-26(10,13-3)14-4/h11-22H2,1-10H3. The number of hydrogen-bond acceptors (Lipinski definition) is 4. The van der Waals surface area contributed by atoms with E-state index in [1.54, 1.807) is 0 Å². The number of ketones is 2. The third-order valence-electron chi connectivity index (χ3n) is 8.97. The lowest BCUT2D eigenvalue weighted by atomic mass is 9.62. The van der Waals surface area contributed by atoms with Gasteiger partial charge in [0.1, 0.15) is 11.6 Å². The Morgan fingerprint density at radius 1 is 0.562 bits per heavy atom. The molecule has 4 nitrogen and oxygen atoms in total. The third kappa shape index (κ3) is 6.88. The molecular weight excluding hydrogens is 400 g/mol. The minimum absolute atomic E-state index is 0.171. The molecule has 0 rings (SSSR count). The highest BCUT2D eigenvalue weighted by atomic mass is 16.5. The second-order valence-electron chi connectivity index (χ2n) is 9.96. The predicted molar refractivity (Wildman–Crippen MR) is 135 cm³/mol. The molecule has 0 aliphatic heterocycles. The Morgan fingerprint density at radius 3 is 1.38 bits per heavy atom. The molecule has 0 aromatic heterocycles. The van der Waals surface area contributed by atoms with Crippen LogP contribution in [0.2, 0.25) is 0 Å². The molecule has 0 radical (unpaired) electrons. The van der Waals surface area contributed by atoms with Crippen molar-refractivity contribution in [2.45, 2.75) is 145 Å². The quantitative estimate of drug-likeness (QED) is 0.200. The zero-order valence-electron chi connectivity index (χ0n) is 23.1. The SMILES string of the molecule is CCC(C)(CC)OCCC(=O)C(CC)(CC)C(CC)(CC)OCCC(=O)C(C)(CC)CC. The van der Waals surface area contributed by atoms with E-state index in [9.17, 15) is 9.59 Å². The monoisotopic (exact) mass is 454 g/mol. The number of Topliss-reactive ketones (excluding diaryl/α,β-unsaturated/α-hetero) is 2. The molecule has 0 unspecified atom stereocenters. The van der Waals surface area contributed by atoms with Crippen molar-refractivity contribution in [3.8, 4) is 0 Å². The van der Waals surface area contributed by atoms with Crippen LogP contribution in [0.15, 0.2) is 0 Å². The van der Waals surface area contributed by atoms with Crippen molar-refractivity contribution in [1.29, 1.82) is 0 Å². The highest BCUT2D eigenvalue weighted by molar-refractivity contribution is 5.86. The molecule has 0 aromatic rings. The first-order valence-electron chi connectivity index (χ1n) is 13.3. The van der Waals surface area contributed by atoms with Crippen LogP contribution in [-0.2, 0) is 19.1 Å². The van der Waals surface area contributed by atoms with Crippen molar-refractivity contribution >= 4 is 11.6 Å². The lowest BCUT2D eigenvalue weighted by molar-refractivity contribution is -0.171. The first-order valence-corrected chi connectivity index (χ1v) is 13.3. The molecule has 0 aliphatic rings. The molecule has 0 heterocycles. The zero-order chi connectivity index (χ0) is 25.1. The fourth-order valence-corrected chi connectivity index (χ4v) is 5.18. The molecule has 4 heteroatoms. The number of carbonyl (C=O) groups is 2.